The lowest BCUT2D eigenvalue weighted by molar-refractivity contribution is -0.150. The van der Waals surface area contributed by atoms with Crippen molar-refractivity contribution in [3.8, 4) is 5.75 Å². The zero-order valence-electron chi connectivity index (χ0n) is 21.0. The molecule has 1 aliphatic carbocycles. The number of fused-ring (bicyclic) bond motifs is 1. The van der Waals surface area contributed by atoms with Crippen LogP contribution in [-0.4, -0.2) is 64.6 Å². The van der Waals surface area contributed by atoms with E-state index >= 15 is 0 Å². The standard InChI is InChI=1S/C26H31F2N5O4/c1-15(34)33-10-7-22-23(14-33)30-25(29-18-12-20(13-18)36-16(2)35)26(31-22)32-8-5-19(6-9-32)37-24-4-3-17(27)11-21(24)28/h3-4,11,18-20H,5-10,12-14H2,1-2H3,(H,29,30)/t18-,20-. The lowest BCUT2D eigenvalue weighted by Crippen LogP contribution is -2.44. The maximum absolute atomic E-state index is 14.0. The average molecular weight is 516 g/mol. The van der Waals surface area contributed by atoms with Crippen LogP contribution in [0.25, 0.3) is 0 Å². The maximum Gasteiger partial charge on any atom is 0.302 e. The van der Waals surface area contributed by atoms with Crippen LogP contribution in [0, 0.1) is 11.6 Å². The van der Waals surface area contributed by atoms with Crippen LogP contribution in [-0.2, 0) is 27.3 Å². The van der Waals surface area contributed by atoms with Gasteiger partial charge in [0.05, 0.1) is 17.9 Å². The van der Waals surface area contributed by atoms with E-state index in [0.29, 0.717) is 64.1 Å². The first-order valence-electron chi connectivity index (χ1n) is 12.7. The first kappa shape index (κ1) is 25.2. The minimum atomic E-state index is -0.707. The number of halogens is 2. The minimum Gasteiger partial charge on any atom is -0.487 e. The van der Waals surface area contributed by atoms with Gasteiger partial charge in [-0.2, -0.15) is 0 Å². The number of benzene rings is 1. The molecular formula is C26H31F2N5O4. The van der Waals surface area contributed by atoms with Crippen molar-refractivity contribution in [2.75, 3.05) is 29.9 Å². The number of carbonyl (C=O) groups is 2. The van der Waals surface area contributed by atoms with Gasteiger partial charge in [0.1, 0.15) is 18.0 Å². The van der Waals surface area contributed by atoms with Crippen LogP contribution in [0.15, 0.2) is 18.2 Å². The summed E-state index contributed by atoms with van der Waals surface area (Å²) >= 11 is 0. The molecule has 0 bridgehead atoms. The van der Waals surface area contributed by atoms with E-state index in [9.17, 15) is 18.4 Å². The number of nitrogens with zero attached hydrogens (tertiary/aromatic N) is 4. The number of esters is 1. The van der Waals surface area contributed by atoms with Gasteiger partial charge >= 0.3 is 5.97 Å². The predicted molar refractivity (Wildman–Crippen MR) is 131 cm³/mol. The van der Waals surface area contributed by atoms with E-state index in [0.717, 1.165) is 23.3 Å². The first-order chi connectivity index (χ1) is 17.7. The Labute approximate surface area is 214 Å². The van der Waals surface area contributed by atoms with Crippen molar-refractivity contribution in [2.45, 2.75) is 70.7 Å². The van der Waals surface area contributed by atoms with Crippen molar-refractivity contribution in [1.82, 2.24) is 14.9 Å². The molecule has 3 aliphatic rings. The lowest BCUT2D eigenvalue weighted by Gasteiger charge is -2.38. The van der Waals surface area contributed by atoms with E-state index in [1.807, 2.05) is 0 Å². The summed E-state index contributed by atoms with van der Waals surface area (Å²) in [6, 6.07) is 3.43. The monoisotopic (exact) mass is 515 g/mol. The number of amides is 1. The molecule has 0 spiro atoms. The van der Waals surface area contributed by atoms with Crippen LogP contribution in [0.2, 0.25) is 0 Å². The number of carbonyl (C=O) groups excluding carboxylic acids is 2. The Bertz CT molecular complexity index is 1180. The van der Waals surface area contributed by atoms with E-state index in [-0.39, 0.29) is 35.9 Å². The normalized spacial score (nSPS) is 21.6. The molecule has 11 heteroatoms. The fourth-order valence-electron chi connectivity index (χ4n) is 5.05. The van der Waals surface area contributed by atoms with Crippen LogP contribution >= 0.6 is 0 Å². The topological polar surface area (TPSA) is 96.9 Å². The fourth-order valence-corrected chi connectivity index (χ4v) is 5.05. The number of hydrogen-bond donors (Lipinski definition) is 1. The smallest absolute Gasteiger partial charge is 0.302 e. The van der Waals surface area contributed by atoms with Gasteiger partial charge in [0.25, 0.3) is 0 Å². The number of ether oxygens (including phenoxy) is 2. The molecule has 198 valence electrons. The van der Waals surface area contributed by atoms with Crippen LogP contribution in [0.1, 0.15) is 50.9 Å². The van der Waals surface area contributed by atoms with Crippen LogP contribution in [0.4, 0.5) is 20.4 Å². The number of nitrogens with one attached hydrogen (secondary N) is 1. The number of anilines is 2. The Balaban J connectivity index is 1.30. The molecule has 5 rings (SSSR count). The van der Waals surface area contributed by atoms with Gasteiger partial charge < -0.3 is 24.6 Å². The molecule has 2 fully saturated rings. The third-order valence-electron chi connectivity index (χ3n) is 7.13. The van der Waals surface area contributed by atoms with Gasteiger partial charge in [-0.1, -0.05) is 0 Å². The van der Waals surface area contributed by atoms with Crippen molar-refractivity contribution < 1.29 is 27.8 Å². The van der Waals surface area contributed by atoms with E-state index < -0.39 is 11.6 Å². The molecule has 3 heterocycles. The van der Waals surface area contributed by atoms with E-state index in [1.165, 1.54) is 19.1 Å². The summed E-state index contributed by atoms with van der Waals surface area (Å²) in [4.78, 5) is 37.0. The second-order valence-corrected chi connectivity index (χ2v) is 9.90. The van der Waals surface area contributed by atoms with Gasteiger partial charge in [-0.05, 0) is 12.1 Å². The molecule has 1 N–H and O–H groups in total. The molecular weight excluding hydrogens is 484 g/mol. The first-order valence-corrected chi connectivity index (χ1v) is 12.7. The Morgan fingerprint density at radius 2 is 1.78 bits per heavy atom. The Kier molecular flexibility index (Phi) is 7.12. The summed E-state index contributed by atoms with van der Waals surface area (Å²) in [5.41, 5.74) is 1.67. The summed E-state index contributed by atoms with van der Waals surface area (Å²) in [5.74, 6) is -0.166. The molecule has 1 saturated heterocycles. The van der Waals surface area contributed by atoms with Gasteiger partial charge in [-0.15, -0.1) is 0 Å². The van der Waals surface area contributed by atoms with Crippen molar-refractivity contribution in [3.05, 3.63) is 41.2 Å². The van der Waals surface area contributed by atoms with Crippen molar-refractivity contribution in [1.29, 1.82) is 0 Å². The molecule has 1 aromatic carbocycles. The number of rotatable bonds is 6. The Morgan fingerprint density at radius 1 is 1.03 bits per heavy atom. The Hall–Kier alpha value is -3.50. The highest BCUT2D eigenvalue weighted by Gasteiger charge is 2.34. The highest BCUT2D eigenvalue weighted by atomic mass is 19.1. The second-order valence-electron chi connectivity index (χ2n) is 9.90. The van der Waals surface area contributed by atoms with Crippen LogP contribution < -0.4 is 15.0 Å². The maximum atomic E-state index is 14.0. The number of hydrogen-bond acceptors (Lipinski definition) is 8. The van der Waals surface area contributed by atoms with Gasteiger partial charge in [0, 0.05) is 77.7 Å². The van der Waals surface area contributed by atoms with Gasteiger partial charge in [0.2, 0.25) is 5.91 Å². The summed E-state index contributed by atoms with van der Waals surface area (Å²) < 4.78 is 38.4. The summed E-state index contributed by atoms with van der Waals surface area (Å²) in [7, 11) is 0. The molecule has 0 atom stereocenters. The molecule has 0 unspecified atom stereocenters. The number of piperidine rings is 1. The van der Waals surface area contributed by atoms with Gasteiger partial charge in [0.15, 0.2) is 23.2 Å². The largest absolute Gasteiger partial charge is 0.487 e. The molecule has 0 radical (unpaired) electrons. The molecule has 37 heavy (non-hydrogen) atoms. The Morgan fingerprint density at radius 3 is 2.46 bits per heavy atom. The predicted octanol–water partition coefficient (Wildman–Crippen LogP) is 3.21. The van der Waals surface area contributed by atoms with Crippen LogP contribution in [0.3, 0.4) is 0 Å². The average Bonchev–Trinajstić information content (AvgIpc) is 2.84. The van der Waals surface area contributed by atoms with Gasteiger partial charge in [-0.3, -0.25) is 9.59 Å². The van der Waals surface area contributed by atoms with Crippen molar-refractivity contribution in [3.63, 3.8) is 0 Å². The zero-order chi connectivity index (χ0) is 26.1. The van der Waals surface area contributed by atoms with Crippen molar-refractivity contribution in [2.24, 2.45) is 0 Å². The quantitative estimate of drug-likeness (QED) is 0.586. The molecule has 2 aliphatic heterocycles. The molecule has 2 aromatic rings. The molecule has 9 nitrogen and oxygen atoms in total. The molecule has 1 amide bonds. The highest BCUT2D eigenvalue weighted by Crippen LogP contribution is 2.33. The molecule has 1 aromatic heterocycles. The van der Waals surface area contributed by atoms with E-state index in [2.05, 4.69) is 10.2 Å². The minimum absolute atomic E-state index is 0.00826. The van der Waals surface area contributed by atoms with Gasteiger partial charge in [-0.25, -0.2) is 18.7 Å². The lowest BCUT2D eigenvalue weighted by atomic mass is 9.89. The zero-order valence-corrected chi connectivity index (χ0v) is 21.0. The fraction of sp³-hybridized carbons (Fsp3) is 0.538. The van der Waals surface area contributed by atoms with E-state index in [1.54, 1.807) is 11.8 Å². The summed E-state index contributed by atoms with van der Waals surface area (Å²) in [5, 5.41) is 3.48. The van der Waals surface area contributed by atoms with E-state index in [4.69, 9.17) is 19.4 Å². The van der Waals surface area contributed by atoms with Crippen LogP contribution in [0.5, 0.6) is 5.75 Å². The van der Waals surface area contributed by atoms with Crippen molar-refractivity contribution >= 4 is 23.5 Å². The SMILES string of the molecule is CC(=O)O[C@H]1C[C@H](Nc2nc3c(nc2N2CCC(Oc4ccc(F)cc4F)CC2)CCN(C(C)=O)C3)C1. The number of aromatic nitrogens is 2. The third kappa shape index (κ3) is 5.75. The third-order valence-corrected chi connectivity index (χ3v) is 7.13. The molecule has 1 saturated carbocycles. The summed E-state index contributed by atoms with van der Waals surface area (Å²) in [6.07, 6.45) is 3.01. The second kappa shape index (κ2) is 10.5. The highest BCUT2D eigenvalue weighted by molar-refractivity contribution is 5.73. The summed E-state index contributed by atoms with van der Waals surface area (Å²) in [6.45, 7) is 5.26.